The average Bonchev–Trinajstić information content (AvgIpc) is 2.51. The van der Waals surface area contributed by atoms with Gasteiger partial charge in [0.25, 0.3) is 0 Å². The molecule has 1 unspecified atom stereocenters. The van der Waals surface area contributed by atoms with Crippen LogP contribution in [-0.2, 0) is 9.53 Å². The molecule has 0 saturated heterocycles. The highest BCUT2D eigenvalue weighted by atomic mass is 127. The highest BCUT2D eigenvalue weighted by Crippen LogP contribution is 2.35. The molecule has 22 heavy (non-hydrogen) atoms. The van der Waals surface area contributed by atoms with Crippen LogP contribution in [0.2, 0.25) is 0 Å². The first kappa shape index (κ1) is 16.7. The molecule has 0 N–H and O–H groups in total. The fraction of sp³-hybridized carbons (Fsp3) is 0.235. The van der Waals surface area contributed by atoms with E-state index in [0.29, 0.717) is 23.0 Å². The summed E-state index contributed by atoms with van der Waals surface area (Å²) in [5, 5.41) is 1.48. The minimum Gasteiger partial charge on any atom is -0.468 e. The number of methoxy groups -OCH3 is 1. The number of hydrogen-bond donors (Lipinski definition) is 0. The van der Waals surface area contributed by atoms with Crippen LogP contribution in [0.3, 0.4) is 0 Å². The van der Waals surface area contributed by atoms with Crippen LogP contribution in [0.4, 0.5) is 4.39 Å². The molecule has 0 aliphatic carbocycles. The van der Waals surface area contributed by atoms with Gasteiger partial charge in [-0.05, 0) is 46.2 Å². The predicted molar refractivity (Wildman–Crippen MR) is 91.4 cm³/mol. The molecule has 2 aromatic rings. The van der Waals surface area contributed by atoms with E-state index in [1.54, 1.807) is 18.2 Å². The van der Waals surface area contributed by atoms with Crippen LogP contribution in [0.1, 0.15) is 17.9 Å². The molecule has 3 nitrogen and oxygen atoms in total. The SMILES string of the molecule is C#CCC(C=O)c1c(F)ccc2cc(OCOC)cc(I)c12. The lowest BCUT2D eigenvalue weighted by molar-refractivity contribution is -0.109. The van der Waals surface area contributed by atoms with Gasteiger partial charge in [-0.3, -0.25) is 0 Å². The number of ether oxygens (including phenoxy) is 2. The van der Waals surface area contributed by atoms with E-state index < -0.39 is 11.7 Å². The molecule has 0 amide bonds. The van der Waals surface area contributed by atoms with Gasteiger partial charge in [-0.2, -0.15) is 0 Å². The zero-order valence-corrected chi connectivity index (χ0v) is 14.1. The van der Waals surface area contributed by atoms with Gasteiger partial charge in [-0.15, -0.1) is 12.3 Å². The summed E-state index contributed by atoms with van der Waals surface area (Å²) < 4.78 is 25.4. The van der Waals surface area contributed by atoms with Gasteiger partial charge in [0, 0.05) is 28.1 Å². The molecule has 114 valence electrons. The van der Waals surface area contributed by atoms with Crippen molar-refractivity contribution in [1.29, 1.82) is 0 Å². The van der Waals surface area contributed by atoms with E-state index in [4.69, 9.17) is 15.9 Å². The number of hydrogen-bond acceptors (Lipinski definition) is 3. The molecular formula is C17H14FIO3. The van der Waals surface area contributed by atoms with Crippen molar-refractivity contribution >= 4 is 39.6 Å². The quantitative estimate of drug-likeness (QED) is 0.313. The highest BCUT2D eigenvalue weighted by molar-refractivity contribution is 14.1. The summed E-state index contributed by atoms with van der Waals surface area (Å²) in [4.78, 5) is 11.3. The second-order valence-corrected chi connectivity index (χ2v) is 5.83. The van der Waals surface area contributed by atoms with Crippen molar-refractivity contribution in [2.75, 3.05) is 13.9 Å². The summed E-state index contributed by atoms with van der Waals surface area (Å²) in [6.45, 7) is 0.129. The van der Waals surface area contributed by atoms with E-state index in [2.05, 4.69) is 28.5 Å². The van der Waals surface area contributed by atoms with Crippen molar-refractivity contribution in [2.45, 2.75) is 12.3 Å². The normalized spacial score (nSPS) is 11.9. The lowest BCUT2D eigenvalue weighted by atomic mass is 9.91. The highest BCUT2D eigenvalue weighted by Gasteiger charge is 2.20. The van der Waals surface area contributed by atoms with Crippen LogP contribution < -0.4 is 4.74 Å². The van der Waals surface area contributed by atoms with Gasteiger partial charge in [-0.1, -0.05) is 6.07 Å². The molecule has 0 aliphatic rings. The number of halogens is 2. The smallest absolute Gasteiger partial charge is 0.188 e. The molecule has 2 aromatic carbocycles. The maximum Gasteiger partial charge on any atom is 0.188 e. The van der Waals surface area contributed by atoms with Crippen LogP contribution >= 0.6 is 22.6 Å². The molecule has 0 radical (unpaired) electrons. The third kappa shape index (κ3) is 3.39. The van der Waals surface area contributed by atoms with Gasteiger partial charge in [0.05, 0.1) is 5.92 Å². The third-order valence-corrected chi connectivity index (χ3v) is 4.10. The van der Waals surface area contributed by atoms with Crippen LogP contribution in [-0.4, -0.2) is 20.2 Å². The number of benzene rings is 2. The van der Waals surface area contributed by atoms with Gasteiger partial charge in [0.1, 0.15) is 17.9 Å². The number of carbonyl (C=O) groups is 1. The Labute approximate surface area is 141 Å². The van der Waals surface area contributed by atoms with E-state index in [1.807, 2.05) is 0 Å². The Morgan fingerprint density at radius 3 is 2.86 bits per heavy atom. The van der Waals surface area contributed by atoms with Gasteiger partial charge in [-0.25, -0.2) is 4.39 Å². The Morgan fingerprint density at radius 1 is 1.45 bits per heavy atom. The van der Waals surface area contributed by atoms with Gasteiger partial charge < -0.3 is 14.3 Å². The molecule has 5 heteroatoms. The number of aldehydes is 1. The Hall–Kier alpha value is -1.65. The van der Waals surface area contributed by atoms with Crippen LogP contribution in [0.15, 0.2) is 24.3 Å². The second-order valence-electron chi connectivity index (χ2n) is 4.67. The third-order valence-electron chi connectivity index (χ3n) is 3.25. The Kier molecular flexibility index (Phi) is 5.75. The maximum absolute atomic E-state index is 14.3. The van der Waals surface area contributed by atoms with E-state index in [0.717, 1.165) is 8.96 Å². The molecular weight excluding hydrogens is 398 g/mol. The molecule has 0 heterocycles. The molecule has 0 aromatic heterocycles. The zero-order valence-electron chi connectivity index (χ0n) is 11.9. The summed E-state index contributed by atoms with van der Waals surface area (Å²) in [7, 11) is 1.54. The fourth-order valence-electron chi connectivity index (χ4n) is 2.31. The summed E-state index contributed by atoms with van der Waals surface area (Å²) in [6.07, 6.45) is 6.15. The second kappa shape index (κ2) is 7.56. The van der Waals surface area contributed by atoms with E-state index in [-0.39, 0.29) is 13.2 Å². The van der Waals surface area contributed by atoms with Crippen molar-refractivity contribution in [3.63, 3.8) is 0 Å². The Bertz CT molecular complexity index is 737. The van der Waals surface area contributed by atoms with Crippen molar-refractivity contribution in [3.05, 3.63) is 39.2 Å². The zero-order chi connectivity index (χ0) is 16.1. The van der Waals surface area contributed by atoms with Crippen molar-refractivity contribution in [2.24, 2.45) is 0 Å². The molecule has 1 atom stereocenters. The number of carbonyl (C=O) groups excluding carboxylic acids is 1. The molecule has 0 aliphatic heterocycles. The minimum atomic E-state index is -0.659. The lowest BCUT2D eigenvalue weighted by Gasteiger charge is -2.15. The molecule has 0 saturated carbocycles. The number of fused-ring (bicyclic) bond motifs is 1. The molecule has 2 rings (SSSR count). The summed E-state index contributed by atoms with van der Waals surface area (Å²) in [5.41, 5.74) is 0.341. The topological polar surface area (TPSA) is 35.5 Å². The van der Waals surface area contributed by atoms with Gasteiger partial charge in [0.15, 0.2) is 6.79 Å². The lowest BCUT2D eigenvalue weighted by Crippen LogP contribution is -2.05. The van der Waals surface area contributed by atoms with Gasteiger partial charge in [0.2, 0.25) is 0 Å². The first-order valence-electron chi connectivity index (χ1n) is 6.54. The van der Waals surface area contributed by atoms with E-state index in [9.17, 15) is 9.18 Å². The van der Waals surface area contributed by atoms with Crippen LogP contribution in [0.25, 0.3) is 10.8 Å². The first-order chi connectivity index (χ1) is 10.6. The Balaban J connectivity index is 2.64. The van der Waals surface area contributed by atoms with E-state index >= 15 is 0 Å². The Morgan fingerprint density at radius 2 is 2.23 bits per heavy atom. The van der Waals surface area contributed by atoms with Crippen LogP contribution in [0.5, 0.6) is 5.75 Å². The monoisotopic (exact) mass is 412 g/mol. The van der Waals surface area contributed by atoms with Crippen molar-refractivity contribution < 1.29 is 18.7 Å². The van der Waals surface area contributed by atoms with E-state index in [1.165, 1.54) is 13.2 Å². The predicted octanol–water partition coefficient (Wildman–Crippen LogP) is 3.87. The summed E-state index contributed by atoms with van der Waals surface area (Å²) >= 11 is 2.10. The van der Waals surface area contributed by atoms with Crippen molar-refractivity contribution in [3.8, 4) is 18.1 Å². The number of terminal acetylenes is 1. The van der Waals surface area contributed by atoms with Crippen LogP contribution in [0, 0.1) is 21.7 Å². The first-order valence-corrected chi connectivity index (χ1v) is 7.62. The fourth-order valence-corrected chi connectivity index (χ4v) is 3.22. The average molecular weight is 412 g/mol. The molecule has 0 fully saturated rings. The number of rotatable bonds is 6. The standard InChI is InChI=1S/C17H14FIO3/c1-3-4-12(9-20)16-14(18)6-5-11-7-13(22-10-21-2)8-15(19)17(11)16/h1,5-9,12H,4,10H2,2H3. The molecule has 0 spiro atoms. The summed E-state index contributed by atoms with van der Waals surface area (Å²) in [6, 6.07) is 6.58. The summed E-state index contributed by atoms with van der Waals surface area (Å²) in [5.74, 6) is 1.96. The molecule has 0 bridgehead atoms. The largest absolute Gasteiger partial charge is 0.468 e. The minimum absolute atomic E-state index is 0.129. The maximum atomic E-state index is 14.3. The van der Waals surface area contributed by atoms with Crippen molar-refractivity contribution in [1.82, 2.24) is 0 Å². The van der Waals surface area contributed by atoms with Gasteiger partial charge >= 0.3 is 0 Å².